The lowest BCUT2D eigenvalue weighted by molar-refractivity contribution is 0.739. The van der Waals surface area contributed by atoms with Gasteiger partial charge in [-0.15, -0.1) is 0 Å². The summed E-state index contributed by atoms with van der Waals surface area (Å²) < 4.78 is 1.84. The lowest BCUT2D eigenvalue weighted by Crippen LogP contribution is -2.37. The molecule has 0 aliphatic heterocycles. The van der Waals surface area contributed by atoms with Gasteiger partial charge in [-0.2, -0.15) is 16.4 Å². The van der Waals surface area contributed by atoms with E-state index in [1.165, 1.54) is 11.1 Å². The fourth-order valence-corrected chi connectivity index (χ4v) is 2.57. The molecule has 0 aromatic carbocycles. The van der Waals surface area contributed by atoms with E-state index in [1.54, 1.807) is 18.4 Å². The van der Waals surface area contributed by atoms with Crippen molar-refractivity contribution in [2.45, 2.75) is 19.4 Å². The smallest absolute Gasteiger partial charge is 0.191 e. The highest BCUT2D eigenvalue weighted by molar-refractivity contribution is 7.07. The molecule has 0 fully saturated rings. The Morgan fingerprint density at radius 2 is 2.30 bits per heavy atom. The molecule has 0 spiro atoms. The normalized spacial score (nSPS) is 11.6. The second-order valence-corrected chi connectivity index (χ2v) is 5.39. The van der Waals surface area contributed by atoms with Crippen molar-refractivity contribution in [3.8, 4) is 0 Å². The second-order valence-electron chi connectivity index (χ2n) is 4.61. The third-order valence-corrected chi connectivity index (χ3v) is 3.69. The van der Waals surface area contributed by atoms with Crippen LogP contribution in [0.4, 0.5) is 0 Å². The Kier molecular flexibility index (Phi) is 5.61. The quantitative estimate of drug-likeness (QED) is 0.484. The molecule has 0 amide bonds. The Morgan fingerprint density at radius 3 is 2.95 bits per heavy atom. The van der Waals surface area contributed by atoms with E-state index < -0.39 is 0 Å². The van der Waals surface area contributed by atoms with Crippen molar-refractivity contribution in [3.05, 3.63) is 40.3 Å². The summed E-state index contributed by atoms with van der Waals surface area (Å²) >= 11 is 1.71. The van der Waals surface area contributed by atoms with Crippen LogP contribution in [0.15, 0.2) is 34.2 Å². The number of guanidine groups is 1. The second kappa shape index (κ2) is 7.69. The molecule has 2 aromatic rings. The van der Waals surface area contributed by atoms with Crippen molar-refractivity contribution in [1.82, 2.24) is 20.4 Å². The molecular formula is C14H21N5S. The van der Waals surface area contributed by atoms with Crippen LogP contribution < -0.4 is 10.6 Å². The maximum atomic E-state index is 4.22. The number of aryl methyl sites for hydroxylation is 2. The minimum Gasteiger partial charge on any atom is -0.356 e. The van der Waals surface area contributed by atoms with Crippen molar-refractivity contribution in [2.75, 3.05) is 13.6 Å². The van der Waals surface area contributed by atoms with E-state index in [1.807, 2.05) is 17.9 Å². The van der Waals surface area contributed by atoms with Crippen LogP contribution >= 0.6 is 11.3 Å². The van der Waals surface area contributed by atoms with Gasteiger partial charge in [0.25, 0.3) is 0 Å². The van der Waals surface area contributed by atoms with Gasteiger partial charge in [0.2, 0.25) is 0 Å². The summed E-state index contributed by atoms with van der Waals surface area (Å²) in [6.07, 6.45) is 6.07. The highest BCUT2D eigenvalue weighted by atomic mass is 32.1. The van der Waals surface area contributed by atoms with Crippen molar-refractivity contribution in [1.29, 1.82) is 0 Å². The first-order valence-corrected chi connectivity index (χ1v) is 7.65. The third-order valence-electron chi connectivity index (χ3n) is 2.96. The van der Waals surface area contributed by atoms with Gasteiger partial charge in [-0.1, -0.05) is 0 Å². The average molecular weight is 291 g/mol. The molecule has 0 radical (unpaired) electrons. The molecule has 0 aliphatic rings. The fourth-order valence-electron chi connectivity index (χ4n) is 1.90. The van der Waals surface area contributed by atoms with Crippen LogP contribution in [0.1, 0.15) is 17.5 Å². The predicted molar refractivity (Wildman–Crippen MR) is 84.0 cm³/mol. The van der Waals surface area contributed by atoms with Crippen molar-refractivity contribution < 1.29 is 0 Å². The lowest BCUT2D eigenvalue weighted by Gasteiger charge is -2.10. The number of nitrogens with zero attached hydrogens (tertiary/aromatic N) is 3. The zero-order valence-corrected chi connectivity index (χ0v) is 12.8. The Labute approximate surface area is 123 Å². The Morgan fingerprint density at radius 1 is 1.40 bits per heavy atom. The van der Waals surface area contributed by atoms with Gasteiger partial charge in [0.05, 0.1) is 6.20 Å². The van der Waals surface area contributed by atoms with Crippen molar-refractivity contribution in [2.24, 2.45) is 12.0 Å². The molecule has 0 bridgehead atoms. The number of nitrogens with one attached hydrogen (secondary N) is 2. The minimum atomic E-state index is 0.811. The summed E-state index contributed by atoms with van der Waals surface area (Å²) in [5.74, 6) is 0.849. The molecule has 0 atom stereocenters. The molecule has 6 heteroatoms. The standard InChI is InChI=1S/C14H21N5S/c1-15-14(17-8-13-5-7-20-11-13)16-6-3-4-12-9-18-19(2)10-12/h5,7,9-11H,3-4,6,8H2,1-2H3,(H2,15,16,17). The minimum absolute atomic E-state index is 0.811. The first kappa shape index (κ1) is 14.6. The topological polar surface area (TPSA) is 54.2 Å². The van der Waals surface area contributed by atoms with Gasteiger partial charge in [0.1, 0.15) is 0 Å². The first-order valence-electron chi connectivity index (χ1n) is 6.71. The van der Waals surface area contributed by atoms with E-state index in [4.69, 9.17) is 0 Å². The summed E-state index contributed by atoms with van der Waals surface area (Å²) in [7, 11) is 3.74. The fraction of sp³-hybridized carbons (Fsp3) is 0.429. The molecule has 5 nitrogen and oxygen atoms in total. The maximum absolute atomic E-state index is 4.22. The molecule has 2 rings (SSSR count). The number of aliphatic imine (C=N–C) groups is 1. The number of hydrogen-bond acceptors (Lipinski definition) is 3. The molecule has 0 aliphatic carbocycles. The molecule has 0 saturated carbocycles. The first-order chi connectivity index (χ1) is 9.78. The molecule has 108 valence electrons. The number of thiophene rings is 1. The maximum Gasteiger partial charge on any atom is 0.191 e. The third kappa shape index (κ3) is 4.70. The van der Waals surface area contributed by atoms with Crippen LogP contribution in [-0.4, -0.2) is 29.3 Å². The summed E-state index contributed by atoms with van der Waals surface area (Å²) in [5, 5.41) is 15.0. The van der Waals surface area contributed by atoms with Crippen molar-refractivity contribution >= 4 is 17.3 Å². The van der Waals surface area contributed by atoms with Gasteiger partial charge in [-0.25, -0.2) is 0 Å². The number of hydrogen-bond donors (Lipinski definition) is 2. The highest BCUT2D eigenvalue weighted by Gasteiger charge is 1.99. The van der Waals surface area contributed by atoms with E-state index in [0.717, 1.165) is 31.9 Å². The van der Waals surface area contributed by atoms with Gasteiger partial charge in [0, 0.05) is 33.4 Å². The molecule has 2 aromatic heterocycles. The van der Waals surface area contributed by atoms with Gasteiger partial charge in [-0.05, 0) is 40.8 Å². The Hall–Kier alpha value is -1.82. The summed E-state index contributed by atoms with van der Waals surface area (Å²) in [6, 6.07) is 2.12. The van der Waals surface area contributed by atoms with E-state index in [9.17, 15) is 0 Å². The summed E-state index contributed by atoms with van der Waals surface area (Å²) in [6.45, 7) is 1.71. The SMILES string of the molecule is CN=C(NCCCc1cnn(C)c1)NCc1ccsc1. The monoisotopic (exact) mass is 291 g/mol. The largest absolute Gasteiger partial charge is 0.356 e. The van der Waals surface area contributed by atoms with Gasteiger partial charge >= 0.3 is 0 Å². The summed E-state index contributed by atoms with van der Waals surface area (Å²) in [4.78, 5) is 4.22. The highest BCUT2D eigenvalue weighted by Crippen LogP contribution is 2.04. The van der Waals surface area contributed by atoms with Gasteiger partial charge in [0.15, 0.2) is 5.96 Å². The molecule has 20 heavy (non-hydrogen) atoms. The van der Waals surface area contributed by atoms with E-state index in [-0.39, 0.29) is 0 Å². The van der Waals surface area contributed by atoms with E-state index in [2.05, 4.69) is 43.7 Å². The van der Waals surface area contributed by atoms with Crippen LogP contribution in [0.25, 0.3) is 0 Å². The molecule has 2 heterocycles. The van der Waals surface area contributed by atoms with Crippen LogP contribution in [0.3, 0.4) is 0 Å². The van der Waals surface area contributed by atoms with E-state index in [0.29, 0.717) is 0 Å². The molecular weight excluding hydrogens is 270 g/mol. The van der Waals surface area contributed by atoms with Gasteiger partial charge < -0.3 is 10.6 Å². The van der Waals surface area contributed by atoms with Crippen LogP contribution in [-0.2, 0) is 20.0 Å². The summed E-state index contributed by atoms with van der Waals surface area (Å²) in [5.41, 5.74) is 2.56. The Balaban J connectivity index is 1.64. The van der Waals surface area contributed by atoms with Crippen LogP contribution in [0.2, 0.25) is 0 Å². The lowest BCUT2D eigenvalue weighted by atomic mass is 10.2. The number of rotatable bonds is 6. The Bertz CT molecular complexity index is 530. The predicted octanol–water partition coefficient (Wildman–Crippen LogP) is 1.78. The number of aromatic nitrogens is 2. The van der Waals surface area contributed by atoms with Crippen molar-refractivity contribution in [3.63, 3.8) is 0 Å². The molecule has 0 unspecified atom stereocenters. The molecule has 2 N–H and O–H groups in total. The van der Waals surface area contributed by atoms with Crippen LogP contribution in [0, 0.1) is 0 Å². The van der Waals surface area contributed by atoms with Crippen LogP contribution in [0.5, 0.6) is 0 Å². The zero-order valence-electron chi connectivity index (χ0n) is 12.0. The average Bonchev–Trinajstić information content (AvgIpc) is 3.09. The molecule has 0 saturated heterocycles. The van der Waals surface area contributed by atoms with E-state index >= 15 is 0 Å². The van der Waals surface area contributed by atoms with Gasteiger partial charge in [-0.3, -0.25) is 9.67 Å². The zero-order chi connectivity index (χ0) is 14.2.